The van der Waals surface area contributed by atoms with Crippen molar-refractivity contribution in [1.29, 1.82) is 0 Å². The van der Waals surface area contributed by atoms with Crippen molar-refractivity contribution >= 4 is 23.5 Å². The van der Waals surface area contributed by atoms with Crippen molar-refractivity contribution in [2.45, 2.75) is 57.4 Å². The maximum Gasteiger partial charge on any atom is 0.226 e. The smallest absolute Gasteiger partial charge is 0.226 e. The molecule has 3 unspecified atom stereocenters. The number of nitrogens with zero attached hydrogens (tertiary/aromatic N) is 1. The second kappa shape index (κ2) is 6.50. The van der Waals surface area contributed by atoms with Crippen LogP contribution in [0.15, 0.2) is 0 Å². The van der Waals surface area contributed by atoms with Gasteiger partial charge >= 0.3 is 0 Å². The quantitative estimate of drug-likeness (QED) is 0.786. The maximum absolute atomic E-state index is 12.8. The first kappa shape index (κ1) is 14.4. The first-order valence-electron chi connectivity index (χ1n) is 8.18. The average Bonchev–Trinajstić information content (AvgIpc) is 3.01. The summed E-state index contributed by atoms with van der Waals surface area (Å²) in [6.45, 7) is 0.883. The van der Waals surface area contributed by atoms with Crippen LogP contribution >= 0.6 is 11.8 Å². The predicted octanol–water partition coefficient (Wildman–Crippen LogP) is 2.88. The molecule has 1 amide bonds. The van der Waals surface area contributed by atoms with Gasteiger partial charge in [-0.05, 0) is 44.3 Å². The van der Waals surface area contributed by atoms with Gasteiger partial charge < -0.3 is 4.90 Å². The lowest BCUT2D eigenvalue weighted by atomic mass is 9.78. The van der Waals surface area contributed by atoms with E-state index in [4.69, 9.17) is 0 Å². The Morgan fingerprint density at radius 2 is 1.95 bits per heavy atom. The predicted molar refractivity (Wildman–Crippen MR) is 81.7 cm³/mol. The van der Waals surface area contributed by atoms with E-state index in [2.05, 4.69) is 4.90 Å². The van der Waals surface area contributed by atoms with Crippen LogP contribution in [-0.2, 0) is 9.59 Å². The van der Waals surface area contributed by atoms with Crippen molar-refractivity contribution in [3.05, 3.63) is 0 Å². The molecule has 0 aromatic heterocycles. The van der Waals surface area contributed by atoms with Crippen LogP contribution in [0.2, 0.25) is 0 Å². The third-order valence-corrected chi connectivity index (χ3v) is 6.34. The van der Waals surface area contributed by atoms with Gasteiger partial charge in [-0.1, -0.05) is 6.42 Å². The molecule has 3 rings (SSSR count). The lowest BCUT2D eigenvalue weighted by Crippen LogP contribution is -2.52. The van der Waals surface area contributed by atoms with Crippen LogP contribution in [-0.4, -0.2) is 40.7 Å². The minimum Gasteiger partial charge on any atom is -0.339 e. The number of thioether (sulfide) groups is 1. The molecule has 1 saturated carbocycles. The summed E-state index contributed by atoms with van der Waals surface area (Å²) in [7, 11) is 0. The largest absolute Gasteiger partial charge is 0.339 e. The highest BCUT2D eigenvalue weighted by Crippen LogP contribution is 2.34. The Morgan fingerprint density at radius 3 is 2.70 bits per heavy atom. The number of carbonyl (C=O) groups is 2. The van der Waals surface area contributed by atoms with Gasteiger partial charge in [-0.25, -0.2) is 0 Å². The molecule has 1 aliphatic carbocycles. The molecule has 112 valence electrons. The lowest BCUT2D eigenvalue weighted by molar-refractivity contribution is -0.142. The molecule has 3 aliphatic rings. The van der Waals surface area contributed by atoms with Crippen LogP contribution in [0.3, 0.4) is 0 Å². The van der Waals surface area contributed by atoms with E-state index >= 15 is 0 Å². The first-order valence-corrected chi connectivity index (χ1v) is 9.34. The Kier molecular flexibility index (Phi) is 4.69. The van der Waals surface area contributed by atoms with Crippen LogP contribution in [0.4, 0.5) is 0 Å². The number of ketones is 1. The average molecular weight is 295 g/mol. The van der Waals surface area contributed by atoms with Gasteiger partial charge in [0.15, 0.2) is 0 Å². The summed E-state index contributed by atoms with van der Waals surface area (Å²) in [5, 5.41) is 0. The fourth-order valence-electron chi connectivity index (χ4n) is 4.03. The van der Waals surface area contributed by atoms with Crippen molar-refractivity contribution in [2.75, 3.05) is 18.1 Å². The molecule has 2 aliphatic heterocycles. The third-order valence-electron chi connectivity index (χ3n) is 5.18. The Labute approximate surface area is 125 Å². The first-order chi connectivity index (χ1) is 9.77. The molecular weight excluding hydrogens is 270 g/mol. The number of Topliss-reactive ketones (excluding diaryl/α,β-unsaturated/α-hetero) is 1. The van der Waals surface area contributed by atoms with E-state index in [1.54, 1.807) is 0 Å². The van der Waals surface area contributed by atoms with Crippen LogP contribution < -0.4 is 0 Å². The number of piperidine rings is 1. The topological polar surface area (TPSA) is 37.4 Å². The van der Waals surface area contributed by atoms with Gasteiger partial charge in [0.05, 0.1) is 0 Å². The zero-order valence-corrected chi connectivity index (χ0v) is 13.0. The summed E-state index contributed by atoms with van der Waals surface area (Å²) in [4.78, 5) is 27.1. The monoisotopic (exact) mass is 295 g/mol. The molecule has 2 saturated heterocycles. The minimum absolute atomic E-state index is 0.141. The van der Waals surface area contributed by atoms with Crippen molar-refractivity contribution in [3.8, 4) is 0 Å². The second-order valence-corrected chi connectivity index (χ2v) is 7.62. The third kappa shape index (κ3) is 2.90. The van der Waals surface area contributed by atoms with Gasteiger partial charge in [0.2, 0.25) is 5.91 Å². The van der Waals surface area contributed by atoms with Gasteiger partial charge in [-0.2, -0.15) is 11.8 Å². The van der Waals surface area contributed by atoms with Gasteiger partial charge in [0.1, 0.15) is 5.78 Å². The van der Waals surface area contributed by atoms with Gasteiger partial charge in [-0.15, -0.1) is 0 Å². The molecule has 0 bridgehead atoms. The van der Waals surface area contributed by atoms with E-state index < -0.39 is 0 Å². The van der Waals surface area contributed by atoms with Crippen LogP contribution in [0.5, 0.6) is 0 Å². The summed E-state index contributed by atoms with van der Waals surface area (Å²) in [5.74, 6) is 3.24. The molecule has 2 heterocycles. The molecule has 20 heavy (non-hydrogen) atoms. The zero-order valence-electron chi connectivity index (χ0n) is 12.2. The van der Waals surface area contributed by atoms with E-state index in [0.717, 1.165) is 63.0 Å². The summed E-state index contributed by atoms with van der Waals surface area (Å²) in [6.07, 6.45) is 8.33. The standard InChI is InChI=1S/C16H25NO2S/c18-15-7-2-1-5-13(15)14-6-3-4-9-17(14)16(19)12-8-10-20-11-12/h12-14H,1-11H2. The van der Waals surface area contributed by atoms with Crippen LogP contribution in [0, 0.1) is 11.8 Å². The van der Waals surface area contributed by atoms with Crippen molar-refractivity contribution in [1.82, 2.24) is 4.90 Å². The number of amides is 1. The fourth-order valence-corrected chi connectivity index (χ4v) is 5.24. The fraction of sp³-hybridized carbons (Fsp3) is 0.875. The van der Waals surface area contributed by atoms with Crippen LogP contribution in [0.25, 0.3) is 0 Å². The van der Waals surface area contributed by atoms with E-state index in [1.165, 1.54) is 6.42 Å². The SMILES string of the molecule is O=C1CCCCC1C1CCCCN1C(=O)C1CCSC1. The van der Waals surface area contributed by atoms with Gasteiger partial charge in [-0.3, -0.25) is 9.59 Å². The van der Waals surface area contributed by atoms with Crippen molar-refractivity contribution < 1.29 is 9.59 Å². The number of hydrogen-bond acceptors (Lipinski definition) is 3. The van der Waals surface area contributed by atoms with E-state index in [9.17, 15) is 9.59 Å². The second-order valence-electron chi connectivity index (χ2n) is 6.47. The van der Waals surface area contributed by atoms with Gasteiger partial charge in [0.25, 0.3) is 0 Å². The molecule has 3 nitrogen and oxygen atoms in total. The normalized spacial score (nSPS) is 35.3. The molecule has 4 heteroatoms. The molecule has 0 radical (unpaired) electrons. The Morgan fingerprint density at radius 1 is 1.10 bits per heavy atom. The highest BCUT2D eigenvalue weighted by Gasteiger charge is 2.39. The number of hydrogen-bond donors (Lipinski definition) is 0. The van der Waals surface area contributed by atoms with E-state index in [0.29, 0.717) is 11.7 Å². The molecular formula is C16H25NO2S. The molecule has 0 aromatic rings. The highest BCUT2D eigenvalue weighted by atomic mass is 32.2. The van der Waals surface area contributed by atoms with Crippen molar-refractivity contribution in [3.63, 3.8) is 0 Å². The number of likely N-dealkylation sites (tertiary alicyclic amines) is 1. The Balaban J connectivity index is 1.72. The number of rotatable bonds is 2. The lowest BCUT2D eigenvalue weighted by Gasteiger charge is -2.42. The van der Waals surface area contributed by atoms with E-state index in [-0.39, 0.29) is 17.9 Å². The van der Waals surface area contributed by atoms with Crippen molar-refractivity contribution in [2.24, 2.45) is 11.8 Å². The van der Waals surface area contributed by atoms with Gasteiger partial charge in [0, 0.05) is 36.6 Å². The Hall–Kier alpha value is -0.510. The minimum atomic E-state index is 0.141. The zero-order chi connectivity index (χ0) is 13.9. The number of carbonyl (C=O) groups excluding carboxylic acids is 2. The maximum atomic E-state index is 12.8. The highest BCUT2D eigenvalue weighted by molar-refractivity contribution is 7.99. The summed E-state index contributed by atoms with van der Waals surface area (Å²) in [5.41, 5.74) is 0. The molecule has 0 N–H and O–H groups in total. The van der Waals surface area contributed by atoms with E-state index in [1.807, 2.05) is 11.8 Å². The molecule has 3 fully saturated rings. The Bertz CT molecular complexity index is 379. The molecule has 0 aromatic carbocycles. The summed E-state index contributed by atoms with van der Waals surface area (Å²) in [6, 6.07) is 0.217. The summed E-state index contributed by atoms with van der Waals surface area (Å²) >= 11 is 1.90. The summed E-state index contributed by atoms with van der Waals surface area (Å²) < 4.78 is 0. The molecule has 3 atom stereocenters. The molecule has 0 spiro atoms. The van der Waals surface area contributed by atoms with Crippen LogP contribution in [0.1, 0.15) is 51.4 Å².